The van der Waals surface area contributed by atoms with Crippen molar-refractivity contribution in [1.82, 2.24) is 20.4 Å². The van der Waals surface area contributed by atoms with Crippen LogP contribution in [0.4, 0.5) is 4.79 Å². The van der Waals surface area contributed by atoms with Gasteiger partial charge in [0.05, 0.1) is 6.54 Å². The molecule has 1 aliphatic heterocycles. The summed E-state index contributed by atoms with van der Waals surface area (Å²) in [5, 5.41) is 6.70. The van der Waals surface area contributed by atoms with E-state index in [2.05, 4.69) is 15.5 Å². The number of aryl methyl sites for hydroxylation is 2. The number of urea groups is 1. The van der Waals surface area contributed by atoms with Crippen molar-refractivity contribution in [3.8, 4) is 11.5 Å². The van der Waals surface area contributed by atoms with Crippen molar-refractivity contribution >= 4 is 11.9 Å². The normalized spacial score (nSPS) is 19.2. The fraction of sp³-hybridized carbons (Fsp3) is 0.238. The molecule has 0 spiro atoms. The lowest BCUT2D eigenvalue weighted by Crippen LogP contribution is -2.40. The molecule has 0 radical (unpaired) electrons. The molecular formula is C21H20N4O3. The number of rotatable bonds is 4. The van der Waals surface area contributed by atoms with Gasteiger partial charge in [0, 0.05) is 5.56 Å². The summed E-state index contributed by atoms with van der Waals surface area (Å²) in [7, 11) is 0. The number of nitrogens with one attached hydrogen (secondary N) is 1. The van der Waals surface area contributed by atoms with Gasteiger partial charge in [-0.2, -0.15) is 4.98 Å². The molecule has 1 fully saturated rings. The van der Waals surface area contributed by atoms with E-state index in [1.165, 1.54) is 0 Å². The van der Waals surface area contributed by atoms with Gasteiger partial charge in [-0.3, -0.25) is 9.69 Å². The molecule has 3 amide bonds. The van der Waals surface area contributed by atoms with Gasteiger partial charge in [-0.15, -0.1) is 0 Å². The minimum atomic E-state index is -1.12. The third-order valence-corrected chi connectivity index (χ3v) is 4.97. The molecule has 1 atom stereocenters. The number of benzene rings is 2. The first-order valence-electron chi connectivity index (χ1n) is 8.98. The first kappa shape index (κ1) is 17.9. The van der Waals surface area contributed by atoms with Gasteiger partial charge in [0.2, 0.25) is 0 Å². The summed E-state index contributed by atoms with van der Waals surface area (Å²) in [6.45, 7) is 5.61. The van der Waals surface area contributed by atoms with Gasteiger partial charge in [-0.1, -0.05) is 52.7 Å². The Balaban J connectivity index is 1.55. The highest BCUT2D eigenvalue weighted by Gasteiger charge is 2.49. The third-order valence-electron chi connectivity index (χ3n) is 4.97. The second kappa shape index (κ2) is 6.60. The van der Waals surface area contributed by atoms with Crippen LogP contribution < -0.4 is 5.32 Å². The third kappa shape index (κ3) is 3.05. The Bertz CT molecular complexity index is 1040. The fourth-order valence-electron chi connectivity index (χ4n) is 3.20. The first-order valence-corrected chi connectivity index (χ1v) is 8.98. The van der Waals surface area contributed by atoms with Crippen molar-refractivity contribution in [3.63, 3.8) is 0 Å². The lowest BCUT2D eigenvalue weighted by molar-refractivity contribution is -0.131. The highest BCUT2D eigenvalue weighted by atomic mass is 16.5. The number of hydrogen-bond acceptors (Lipinski definition) is 5. The Kier molecular flexibility index (Phi) is 4.22. The van der Waals surface area contributed by atoms with Crippen LogP contribution in [0.5, 0.6) is 0 Å². The molecular weight excluding hydrogens is 356 g/mol. The molecule has 7 nitrogen and oxygen atoms in total. The molecule has 0 aliphatic carbocycles. The minimum absolute atomic E-state index is 0.0541. The molecule has 1 aromatic heterocycles. The molecule has 1 saturated heterocycles. The number of carbonyl (C=O) groups is 2. The maximum atomic E-state index is 13.0. The van der Waals surface area contributed by atoms with E-state index < -0.39 is 11.6 Å². The van der Waals surface area contributed by atoms with E-state index in [0.717, 1.165) is 27.2 Å². The van der Waals surface area contributed by atoms with Crippen molar-refractivity contribution in [3.05, 3.63) is 71.0 Å². The monoisotopic (exact) mass is 376 g/mol. The minimum Gasteiger partial charge on any atom is -0.334 e. The number of imide groups is 1. The summed E-state index contributed by atoms with van der Waals surface area (Å²) in [6.07, 6.45) is 0. The van der Waals surface area contributed by atoms with Crippen LogP contribution in [0.25, 0.3) is 11.5 Å². The average Bonchev–Trinajstić information content (AvgIpc) is 3.22. The van der Waals surface area contributed by atoms with Crippen molar-refractivity contribution in [2.75, 3.05) is 0 Å². The largest absolute Gasteiger partial charge is 0.334 e. The Morgan fingerprint density at radius 3 is 2.25 bits per heavy atom. The number of amides is 3. The average molecular weight is 376 g/mol. The van der Waals surface area contributed by atoms with Crippen LogP contribution in [0.1, 0.15) is 29.4 Å². The van der Waals surface area contributed by atoms with E-state index in [9.17, 15) is 9.59 Å². The van der Waals surface area contributed by atoms with Gasteiger partial charge in [0.1, 0.15) is 5.54 Å². The topological polar surface area (TPSA) is 88.3 Å². The van der Waals surface area contributed by atoms with Gasteiger partial charge in [0.15, 0.2) is 5.82 Å². The summed E-state index contributed by atoms with van der Waals surface area (Å²) >= 11 is 0. The zero-order valence-corrected chi connectivity index (χ0v) is 15.9. The van der Waals surface area contributed by atoms with E-state index in [0.29, 0.717) is 5.89 Å². The van der Waals surface area contributed by atoms with Crippen molar-refractivity contribution in [2.45, 2.75) is 32.9 Å². The zero-order valence-electron chi connectivity index (χ0n) is 15.9. The van der Waals surface area contributed by atoms with E-state index >= 15 is 0 Å². The van der Waals surface area contributed by atoms with Gasteiger partial charge in [-0.25, -0.2) is 4.79 Å². The van der Waals surface area contributed by atoms with Crippen LogP contribution in [0.3, 0.4) is 0 Å². The molecule has 3 aromatic rings. The Labute approximate surface area is 162 Å². The van der Waals surface area contributed by atoms with Crippen LogP contribution in [-0.4, -0.2) is 27.0 Å². The predicted molar refractivity (Wildman–Crippen MR) is 102 cm³/mol. The standard InChI is InChI=1S/C21H20N4O3/c1-13-4-8-15(9-5-13)18-22-17(24-28-18)12-25-19(26)21(3,23-20(25)27)16-10-6-14(2)7-11-16/h4-11H,12H2,1-3H3,(H,23,27). The van der Waals surface area contributed by atoms with E-state index in [1.54, 1.807) is 6.92 Å². The number of carbonyl (C=O) groups excluding carboxylic acids is 2. The second-order valence-corrected chi connectivity index (χ2v) is 7.19. The summed E-state index contributed by atoms with van der Waals surface area (Å²) in [5.41, 5.74) is 2.60. The SMILES string of the molecule is Cc1ccc(-c2nc(CN3C(=O)NC(C)(c4ccc(C)cc4)C3=O)no2)cc1. The summed E-state index contributed by atoms with van der Waals surface area (Å²) in [5.74, 6) is 0.277. The number of nitrogens with zero attached hydrogens (tertiary/aromatic N) is 3. The predicted octanol–water partition coefficient (Wildman–Crippen LogP) is 3.32. The zero-order chi connectivity index (χ0) is 19.9. The lowest BCUT2D eigenvalue weighted by Gasteiger charge is -2.22. The highest BCUT2D eigenvalue weighted by Crippen LogP contribution is 2.30. The quantitative estimate of drug-likeness (QED) is 0.706. The van der Waals surface area contributed by atoms with Crippen LogP contribution in [0.2, 0.25) is 0 Å². The summed E-state index contributed by atoms with van der Waals surface area (Å²) in [4.78, 5) is 30.9. The summed E-state index contributed by atoms with van der Waals surface area (Å²) in [6, 6.07) is 14.7. The van der Waals surface area contributed by atoms with Gasteiger partial charge < -0.3 is 9.84 Å². The first-order chi connectivity index (χ1) is 13.4. The smallest absolute Gasteiger partial charge is 0.325 e. The molecule has 2 aromatic carbocycles. The van der Waals surface area contributed by atoms with Crippen molar-refractivity contribution < 1.29 is 14.1 Å². The van der Waals surface area contributed by atoms with Gasteiger partial charge >= 0.3 is 6.03 Å². The Morgan fingerprint density at radius 1 is 1.00 bits per heavy atom. The summed E-state index contributed by atoms with van der Waals surface area (Å²) < 4.78 is 5.29. The van der Waals surface area contributed by atoms with Crippen LogP contribution in [0.15, 0.2) is 53.1 Å². The van der Waals surface area contributed by atoms with Gasteiger partial charge in [0.25, 0.3) is 11.8 Å². The molecule has 0 saturated carbocycles. The van der Waals surface area contributed by atoms with Gasteiger partial charge in [-0.05, 0) is 38.5 Å². The lowest BCUT2D eigenvalue weighted by atomic mass is 9.91. The molecule has 4 rings (SSSR count). The molecule has 28 heavy (non-hydrogen) atoms. The van der Waals surface area contributed by atoms with E-state index in [-0.39, 0.29) is 18.3 Å². The maximum Gasteiger partial charge on any atom is 0.325 e. The number of aromatic nitrogens is 2. The molecule has 142 valence electrons. The highest BCUT2D eigenvalue weighted by molar-refractivity contribution is 6.07. The maximum absolute atomic E-state index is 13.0. The Hall–Kier alpha value is -3.48. The van der Waals surface area contributed by atoms with Crippen LogP contribution in [0, 0.1) is 13.8 Å². The van der Waals surface area contributed by atoms with Crippen molar-refractivity contribution in [1.29, 1.82) is 0 Å². The van der Waals surface area contributed by atoms with E-state index in [1.807, 2.05) is 62.4 Å². The molecule has 1 N–H and O–H groups in total. The molecule has 7 heteroatoms. The van der Waals surface area contributed by atoms with E-state index in [4.69, 9.17) is 4.52 Å². The van der Waals surface area contributed by atoms with Crippen molar-refractivity contribution in [2.24, 2.45) is 0 Å². The molecule has 2 heterocycles. The molecule has 0 bridgehead atoms. The molecule has 1 unspecified atom stereocenters. The van der Waals surface area contributed by atoms with Crippen LogP contribution >= 0.6 is 0 Å². The fourth-order valence-corrected chi connectivity index (χ4v) is 3.20. The van der Waals surface area contributed by atoms with Crippen LogP contribution in [-0.2, 0) is 16.9 Å². The number of hydrogen-bond donors (Lipinski definition) is 1. The molecule has 1 aliphatic rings. The second-order valence-electron chi connectivity index (χ2n) is 7.19. The Morgan fingerprint density at radius 2 is 1.61 bits per heavy atom.